The Bertz CT molecular complexity index is 938. The molecule has 0 bridgehead atoms. The van der Waals surface area contributed by atoms with Crippen LogP contribution in [0.3, 0.4) is 0 Å². The topological polar surface area (TPSA) is 60.2 Å². The van der Waals surface area contributed by atoms with Gasteiger partial charge in [0.05, 0.1) is 19.7 Å². The fraction of sp³-hybridized carbons (Fsp3) is 0.318. The highest BCUT2D eigenvalue weighted by molar-refractivity contribution is 5.94. The molecule has 0 spiro atoms. The second-order valence-corrected chi connectivity index (χ2v) is 7.00. The Labute approximate surface area is 164 Å². The van der Waals surface area contributed by atoms with Gasteiger partial charge in [0.1, 0.15) is 17.9 Å². The van der Waals surface area contributed by atoms with Gasteiger partial charge in [-0.05, 0) is 49.1 Å². The summed E-state index contributed by atoms with van der Waals surface area (Å²) >= 11 is 0. The summed E-state index contributed by atoms with van der Waals surface area (Å²) in [5, 5.41) is 4.44. The molecule has 3 aromatic rings. The third-order valence-electron chi connectivity index (χ3n) is 5.19. The van der Waals surface area contributed by atoms with Crippen molar-refractivity contribution in [3.8, 4) is 5.75 Å². The van der Waals surface area contributed by atoms with Crippen LogP contribution in [0.25, 0.3) is 0 Å². The highest BCUT2D eigenvalue weighted by atomic mass is 16.5. The average Bonchev–Trinajstić information content (AvgIpc) is 3.22. The highest BCUT2D eigenvalue weighted by Crippen LogP contribution is 2.31. The third-order valence-corrected chi connectivity index (χ3v) is 5.19. The Hall–Kier alpha value is -3.15. The predicted molar refractivity (Wildman–Crippen MR) is 106 cm³/mol. The van der Waals surface area contributed by atoms with E-state index in [1.165, 1.54) is 0 Å². The molecule has 4 rings (SSSR count). The van der Waals surface area contributed by atoms with Gasteiger partial charge in [-0.1, -0.05) is 30.3 Å². The molecule has 1 unspecified atom stereocenters. The lowest BCUT2D eigenvalue weighted by Gasteiger charge is -2.35. The maximum absolute atomic E-state index is 13.1. The van der Waals surface area contributed by atoms with Gasteiger partial charge in [0, 0.05) is 12.1 Å². The molecule has 0 aliphatic carbocycles. The van der Waals surface area contributed by atoms with Crippen LogP contribution in [0, 0.1) is 0 Å². The molecule has 6 nitrogen and oxygen atoms in total. The van der Waals surface area contributed by atoms with Crippen LogP contribution in [0.1, 0.15) is 47.1 Å². The van der Waals surface area contributed by atoms with Crippen LogP contribution in [0.2, 0.25) is 0 Å². The van der Waals surface area contributed by atoms with Crippen LogP contribution in [0.5, 0.6) is 5.75 Å². The van der Waals surface area contributed by atoms with E-state index in [9.17, 15) is 4.79 Å². The lowest BCUT2D eigenvalue weighted by Crippen LogP contribution is -2.39. The van der Waals surface area contributed by atoms with Gasteiger partial charge in [0.15, 0.2) is 0 Å². The molecule has 6 heteroatoms. The van der Waals surface area contributed by atoms with E-state index in [-0.39, 0.29) is 11.9 Å². The Morgan fingerprint density at radius 1 is 1.14 bits per heavy atom. The first-order valence-electron chi connectivity index (χ1n) is 9.63. The molecule has 2 aromatic carbocycles. The van der Waals surface area contributed by atoms with E-state index in [1.54, 1.807) is 13.4 Å². The van der Waals surface area contributed by atoms with E-state index >= 15 is 0 Å². The minimum atomic E-state index is -0.0606. The van der Waals surface area contributed by atoms with E-state index in [0.717, 1.165) is 42.9 Å². The second-order valence-electron chi connectivity index (χ2n) is 7.00. The van der Waals surface area contributed by atoms with Gasteiger partial charge < -0.3 is 9.64 Å². The lowest BCUT2D eigenvalue weighted by molar-refractivity contribution is 0.0594. The summed E-state index contributed by atoms with van der Waals surface area (Å²) in [6.07, 6.45) is 4.57. The number of hydrogen-bond acceptors (Lipinski definition) is 4. The molecule has 0 saturated carbocycles. The molecule has 1 aromatic heterocycles. The van der Waals surface area contributed by atoms with Crippen LogP contribution >= 0.6 is 0 Å². The number of benzene rings is 2. The van der Waals surface area contributed by atoms with Crippen molar-refractivity contribution >= 4 is 5.91 Å². The molecule has 1 amide bonds. The van der Waals surface area contributed by atoms with Gasteiger partial charge in [-0.15, -0.1) is 0 Å². The van der Waals surface area contributed by atoms with Crippen molar-refractivity contribution in [1.29, 1.82) is 0 Å². The largest absolute Gasteiger partial charge is 0.497 e. The SMILES string of the molecule is COc1cccc(Cn2ncnc2C2CCCCN2C(=O)c2ccccc2)c1. The zero-order valence-electron chi connectivity index (χ0n) is 16.0. The lowest BCUT2D eigenvalue weighted by atomic mass is 10.00. The van der Waals surface area contributed by atoms with Crippen molar-refractivity contribution in [3.63, 3.8) is 0 Å². The zero-order valence-corrected chi connectivity index (χ0v) is 16.0. The normalized spacial score (nSPS) is 16.8. The van der Waals surface area contributed by atoms with E-state index in [2.05, 4.69) is 10.1 Å². The monoisotopic (exact) mass is 376 g/mol. The molecule has 1 aliphatic heterocycles. The minimum absolute atomic E-state index is 0.0567. The number of nitrogens with zero attached hydrogens (tertiary/aromatic N) is 4. The van der Waals surface area contributed by atoms with Crippen molar-refractivity contribution in [2.75, 3.05) is 13.7 Å². The Balaban J connectivity index is 1.60. The number of amides is 1. The first kappa shape index (κ1) is 18.2. The number of piperidine rings is 1. The molecule has 144 valence electrons. The molecule has 0 radical (unpaired) electrons. The summed E-state index contributed by atoms with van der Waals surface area (Å²) in [5.74, 6) is 1.71. The predicted octanol–water partition coefficient (Wildman–Crippen LogP) is 3.70. The molecule has 1 atom stereocenters. The van der Waals surface area contributed by atoms with E-state index in [4.69, 9.17) is 4.74 Å². The Kier molecular flexibility index (Phi) is 5.37. The average molecular weight is 376 g/mol. The van der Waals surface area contributed by atoms with Gasteiger partial charge in [-0.3, -0.25) is 4.79 Å². The van der Waals surface area contributed by atoms with Crippen molar-refractivity contribution in [2.24, 2.45) is 0 Å². The summed E-state index contributed by atoms with van der Waals surface area (Å²) in [7, 11) is 1.66. The van der Waals surface area contributed by atoms with Gasteiger partial charge in [-0.25, -0.2) is 9.67 Å². The van der Waals surface area contributed by atoms with Crippen LogP contribution in [0.4, 0.5) is 0 Å². The van der Waals surface area contributed by atoms with Gasteiger partial charge >= 0.3 is 0 Å². The standard InChI is InChI=1S/C22H24N4O2/c1-28-19-11-7-8-17(14-19)15-26-21(23-16-24-26)20-12-5-6-13-25(20)22(27)18-9-3-2-4-10-18/h2-4,7-11,14,16,20H,5-6,12-13,15H2,1H3. The Morgan fingerprint density at radius 2 is 2.00 bits per heavy atom. The number of rotatable bonds is 5. The minimum Gasteiger partial charge on any atom is -0.497 e. The van der Waals surface area contributed by atoms with E-state index in [0.29, 0.717) is 12.1 Å². The quantitative estimate of drug-likeness (QED) is 0.681. The van der Waals surface area contributed by atoms with Crippen molar-refractivity contribution in [3.05, 3.63) is 77.9 Å². The highest BCUT2D eigenvalue weighted by Gasteiger charge is 2.31. The summed E-state index contributed by atoms with van der Waals surface area (Å²) in [4.78, 5) is 19.6. The van der Waals surface area contributed by atoms with Crippen molar-refractivity contribution in [1.82, 2.24) is 19.7 Å². The second kappa shape index (κ2) is 8.25. The van der Waals surface area contributed by atoms with Gasteiger partial charge in [0.25, 0.3) is 5.91 Å². The van der Waals surface area contributed by atoms with E-state index < -0.39 is 0 Å². The number of carbonyl (C=O) groups is 1. The first-order chi connectivity index (χ1) is 13.8. The first-order valence-corrected chi connectivity index (χ1v) is 9.63. The van der Waals surface area contributed by atoms with Crippen molar-refractivity contribution in [2.45, 2.75) is 31.8 Å². The maximum Gasteiger partial charge on any atom is 0.254 e. The third kappa shape index (κ3) is 3.76. The fourth-order valence-electron chi connectivity index (χ4n) is 3.79. The fourth-order valence-corrected chi connectivity index (χ4v) is 3.79. The number of carbonyl (C=O) groups excluding carboxylic acids is 1. The van der Waals surface area contributed by atoms with Gasteiger partial charge in [-0.2, -0.15) is 5.10 Å². The number of methoxy groups -OCH3 is 1. The molecule has 1 aliphatic rings. The molecule has 1 saturated heterocycles. The summed E-state index contributed by atoms with van der Waals surface area (Å²) < 4.78 is 7.22. The number of aromatic nitrogens is 3. The Morgan fingerprint density at radius 3 is 2.82 bits per heavy atom. The van der Waals surface area contributed by atoms with Crippen LogP contribution in [-0.2, 0) is 6.54 Å². The van der Waals surface area contributed by atoms with Crippen LogP contribution in [0.15, 0.2) is 60.9 Å². The van der Waals surface area contributed by atoms with E-state index in [1.807, 2.05) is 64.2 Å². The van der Waals surface area contributed by atoms with Gasteiger partial charge in [0.2, 0.25) is 0 Å². The van der Waals surface area contributed by atoms with Crippen molar-refractivity contribution < 1.29 is 9.53 Å². The number of likely N-dealkylation sites (tertiary alicyclic amines) is 1. The smallest absolute Gasteiger partial charge is 0.254 e. The van der Waals surface area contributed by atoms with Crippen LogP contribution < -0.4 is 4.74 Å². The number of hydrogen-bond donors (Lipinski definition) is 0. The summed E-state index contributed by atoms with van der Waals surface area (Å²) in [6, 6.07) is 17.3. The molecule has 0 N–H and O–H groups in total. The molecular weight excluding hydrogens is 352 g/mol. The number of ether oxygens (including phenoxy) is 1. The van der Waals surface area contributed by atoms with Crippen LogP contribution in [-0.4, -0.2) is 39.2 Å². The maximum atomic E-state index is 13.1. The molecule has 28 heavy (non-hydrogen) atoms. The molecule has 2 heterocycles. The summed E-state index contributed by atoms with van der Waals surface area (Å²) in [5.41, 5.74) is 1.80. The molecule has 1 fully saturated rings. The summed E-state index contributed by atoms with van der Waals surface area (Å²) in [6.45, 7) is 1.33. The zero-order chi connectivity index (χ0) is 19.3. The molecular formula is C22H24N4O2.